The van der Waals surface area contributed by atoms with Crippen LogP contribution in [0.1, 0.15) is 29.6 Å². The van der Waals surface area contributed by atoms with Crippen molar-refractivity contribution in [3.8, 4) is 0 Å². The minimum absolute atomic E-state index is 0.0756. The van der Waals surface area contributed by atoms with Gasteiger partial charge in [0.15, 0.2) is 0 Å². The van der Waals surface area contributed by atoms with Crippen LogP contribution in [-0.2, 0) is 4.74 Å². The number of benzene rings is 1. The summed E-state index contributed by atoms with van der Waals surface area (Å²) in [6.07, 6.45) is 3.24. The van der Waals surface area contributed by atoms with E-state index in [4.69, 9.17) is 16.3 Å². The summed E-state index contributed by atoms with van der Waals surface area (Å²) in [5.74, 6) is 0.399. The lowest BCUT2D eigenvalue weighted by Gasteiger charge is -2.07. The van der Waals surface area contributed by atoms with E-state index in [1.54, 1.807) is 0 Å². The fraction of sp³-hybridized carbons (Fsp3) is 0.500. The molecule has 1 amide bonds. The molecule has 0 heterocycles. The molecule has 1 N–H and O–H groups in total. The molecule has 0 bridgehead atoms. The Balaban J connectivity index is 1.73. The van der Waals surface area contributed by atoms with Gasteiger partial charge in [-0.25, -0.2) is 0 Å². The van der Waals surface area contributed by atoms with E-state index in [0.717, 1.165) is 18.9 Å². The average Bonchev–Trinajstić information content (AvgIpc) is 3.26. The largest absolute Gasteiger partial charge is 0.381 e. The van der Waals surface area contributed by atoms with Crippen molar-refractivity contribution in [2.45, 2.75) is 19.3 Å². The molecule has 0 atom stereocenters. The third kappa shape index (κ3) is 4.99. The molecule has 0 saturated heterocycles. The maximum absolute atomic E-state index is 11.9. The number of ether oxygens (including phenoxy) is 1. The molecule has 0 aromatic heterocycles. The molecule has 2 rings (SSSR count). The topological polar surface area (TPSA) is 81.5 Å². The highest BCUT2D eigenvalue weighted by molar-refractivity contribution is 6.34. The molecule has 7 heteroatoms. The lowest BCUT2D eigenvalue weighted by atomic mass is 10.2. The average molecular weight is 313 g/mol. The fourth-order valence-electron chi connectivity index (χ4n) is 1.81. The summed E-state index contributed by atoms with van der Waals surface area (Å²) >= 11 is 5.88. The molecule has 0 aliphatic heterocycles. The van der Waals surface area contributed by atoms with E-state index >= 15 is 0 Å². The van der Waals surface area contributed by atoms with E-state index in [0.29, 0.717) is 13.2 Å². The molecule has 1 aliphatic carbocycles. The number of nitro benzene ring substituents is 1. The Morgan fingerprint density at radius 3 is 2.86 bits per heavy atom. The number of nitro groups is 1. The second-order valence-electron chi connectivity index (χ2n) is 5.05. The normalized spacial score (nSPS) is 14.0. The van der Waals surface area contributed by atoms with Crippen LogP contribution in [0.5, 0.6) is 0 Å². The Kier molecular flexibility index (Phi) is 5.52. The first-order valence-electron chi connectivity index (χ1n) is 6.88. The molecule has 1 aromatic rings. The summed E-state index contributed by atoms with van der Waals surface area (Å²) in [6.45, 7) is 1.91. The van der Waals surface area contributed by atoms with Gasteiger partial charge in [-0.3, -0.25) is 14.9 Å². The number of hydrogen-bond acceptors (Lipinski definition) is 4. The second-order valence-corrected chi connectivity index (χ2v) is 5.46. The molecule has 1 fully saturated rings. The predicted molar refractivity (Wildman–Crippen MR) is 78.6 cm³/mol. The quantitative estimate of drug-likeness (QED) is 0.454. The smallest absolute Gasteiger partial charge is 0.270 e. The van der Waals surface area contributed by atoms with Gasteiger partial charge in [0, 0.05) is 31.9 Å². The Labute approximate surface area is 127 Å². The van der Waals surface area contributed by atoms with Crippen molar-refractivity contribution < 1.29 is 14.5 Å². The first-order valence-corrected chi connectivity index (χ1v) is 7.25. The highest BCUT2D eigenvalue weighted by Gasteiger charge is 2.20. The van der Waals surface area contributed by atoms with Gasteiger partial charge in [-0.15, -0.1) is 0 Å². The number of carbonyl (C=O) groups is 1. The monoisotopic (exact) mass is 312 g/mol. The number of nitrogens with zero attached hydrogens (tertiary/aromatic N) is 1. The van der Waals surface area contributed by atoms with Crippen LogP contribution in [0.25, 0.3) is 0 Å². The van der Waals surface area contributed by atoms with Gasteiger partial charge in [-0.05, 0) is 31.2 Å². The zero-order chi connectivity index (χ0) is 15.2. The second kappa shape index (κ2) is 7.38. The maximum Gasteiger partial charge on any atom is 0.270 e. The lowest BCUT2D eigenvalue weighted by Crippen LogP contribution is -2.25. The fourth-order valence-corrected chi connectivity index (χ4v) is 2.07. The van der Waals surface area contributed by atoms with E-state index in [9.17, 15) is 14.9 Å². The molecule has 1 aliphatic rings. The first kappa shape index (κ1) is 15.7. The van der Waals surface area contributed by atoms with Crippen LogP contribution in [0.3, 0.4) is 0 Å². The molecule has 6 nitrogen and oxygen atoms in total. The molecule has 1 saturated carbocycles. The Hall–Kier alpha value is -1.66. The number of nitrogens with one attached hydrogen (secondary N) is 1. The van der Waals surface area contributed by atoms with Gasteiger partial charge < -0.3 is 10.1 Å². The van der Waals surface area contributed by atoms with Crippen molar-refractivity contribution >= 4 is 23.2 Å². The van der Waals surface area contributed by atoms with Crippen molar-refractivity contribution in [2.75, 3.05) is 19.8 Å². The van der Waals surface area contributed by atoms with Crippen LogP contribution in [0.2, 0.25) is 5.02 Å². The van der Waals surface area contributed by atoms with Crippen molar-refractivity contribution in [1.82, 2.24) is 5.32 Å². The number of halogens is 1. The van der Waals surface area contributed by atoms with Gasteiger partial charge in [0.1, 0.15) is 0 Å². The highest BCUT2D eigenvalue weighted by Crippen LogP contribution is 2.28. The van der Waals surface area contributed by atoms with Crippen LogP contribution >= 0.6 is 11.6 Å². The summed E-state index contributed by atoms with van der Waals surface area (Å²) in [4.78, 5) is 21.9. The molecule has 0 unspecified atom stereocenters. The summed E-state index contributed by atoms with van der Waals surface area (Å²) in [5.41, 5.74) is 0.103. The van der Waals surface area contributed by atoms with Gasteiger partial charge >= 0.3 is 0 Å². The zero-order valence-electron chi connectivity index (χ0n) is 11.5. The van der Waals surface area contributed by atoms with Gasteiger partial charge in [-0.1, -0.05) is 11.6 Å². The van der Waals surface area contributed by atoms with Crippen LogP contribution in [0, 0.1) is 16.0 Å². The summed E-state index contributed by atoms with van der Waals surface area (Å²) in [5, 5.41) is 13.4. The third-order valence-electron chi connectivity index (χ3n) is 3.21. The van der Waals surface area contributed by atoms with Gasteiger partial charge in [0.25, 0.3) is 11.6 Å². The first-order chi connectivity index (χ1) is 10.1. The standard InChI is InChI=1S/C14H17ClN2O4/c15-13-8-11(17(19)20)4-5-12(13)14(18)16-6-1-7-21-9-10-2-3-10/h4-5,8,10H,1-3,6-7,9H2,(H,16,18). The summed E-state index contributed by atoms with van der Waals surface area (Å²) in [6, 6.07) is 3.80. The molecule has 0 spiro atoms. The zero-order valence-corrected chi connectivity index (χ0v) is 12.3. The van der Waals surface area contributed by atoms with Crippen LogP contribution in [-0.4, -0.2) is 30.6 Å². The van der Waals surface area contributed by atoms with E-state index in [-0.39, 0.29) is 22.2 Å². The van der Waals surface area contributed by atoms with E-state index in [2.05, 4.69) is 5.32 Å². The number of amides is 1. The molecule has 0 radical (unpaired) electrons. The molecular weight excluding hydrogens is 296 g/mol. The molecular formula is C14H17ClN2O4. The van der Waals surface area contributed by atoms with Crippen molar-refractivity contribution in [3.05, 3.63) is 38.9 Å². The van der Waals surface area contributed by atoms with Crippen molar-refractivity contribution in [3.63, 3.8) is 0 Å². The maximum atomic E-state index is 11.9. The number of non-ortho nitro benzene ring substituents is 1. The number of hydrogen-bond donors (Lipinski definition) is 1. The summed E-state index contributed by atoms with van der Waals surface area (Å²) < 4.78 is 5.46. The third-order valence-corrected chi connectivity index (χ3v) is 3.52. The minimum atomic E-state index is -0.551. The van der Waals surface area contributed by atoms with E-state index in [1.165, 1.54) is 31.0 Å². The Bertz CT molecular complexity index is 532. The van der Waals surface area contributed by atoms with Crippen molar-refractivity contribution in [2.24, 2.45) is 5.92 Å². The number of rotatable bonds is 8. The van der Waals surface area contributed by atoms with Gasteiger partial charge in [0.2, 0.25) is 0 Å². The van der Waals surface area contributed by atoms with Crippen LogP contribution in [0.4, 0.5) is 5.69 Å². The minimum Gasteiger partial charge on any atom is -0.381 e. The van der Waals surface area contributed by atoms with Gasteiger partial charge in [-0.2, -0.15) is 0 Å². The van der Waals surface area contributed by atoms with Crippen molar-refractivity contribution in [1.29, 1.82) is 0 Å². The highest BCUT2D eigenvalue weighted by atomic mass is 35.5. The molecule has 21 heavy (non-hydrogen) atoms. The predicted octanol–water partition coefficient (Wildman–Crippen LogP) is 2.79. The Morgan fingerprint density at radius 1 is 1.48 bits per heavy atom. The van der Waals surface area contributed by atoms with Crippen LogP contribution < -0.4 is 5.32 Å². The summed E-state index contributed by atoms with van der Waals surface area (Å²) in [7, 11) is 0. The van der Waals surface area contributed by atoms with Gasteiger partial charge in [0.05, 0.1) is 15.5 Å². The van der Waals surface area contributed by atoms with E-state index in [1.807, 2.05) is 0 Å². The lowest BCUT2D eigenvalue weighted by molar-refractivity contribution is -0.384. The number of carbonyl (C=O) groups excluding carboxylic acids is 1. The molecule has 1 aromatic carbocycles. The van der Waals surface area contributed by atoms with E-state index < -0.39 is 4.92 Å². The van der Waals surface area contributed by atoms with Crippen LogP contribution in [0.15, 0.2) is 18.2 Å². The molecule has 114 valence electrons. The SMILES string of the molecule is O=C(NCCCOCC1CC1)c1ccc([N+](=O)[O-])cc1Cl. The Morgan fingerprint density at radius 2 is 2.24 bits per heavy atom.